The molecule has 9 heteroatoms. The third kappa shape index (κ3) is 4.34. The molecule has 33 heavy (non-hydrogen) atoms. The van der Waals surface area contributed by atoms with E-state index < -0.39 is 0 Å². The predicted molar refractivity (Wildman–Crippen MR) is 129 cm³/mol. The fraction of sp³-hybridized carbons (Fsp3) is 0.500. The van der Waals surface area contributed by atoms with Crippen molar-refractivity contribution in [2.75, 3.05) is 41.3 Å². The average molecular weight is 468 g/mol. The Morgan fingerprint density at radius 1 is 1.09 bits per heavy atom. The van der Waals surface area contributed by atoms with Crippen LogP contribution in [0.1, 0.15) is 54.6 Å². The molecule has 1 aromatic carbocycles. The van der Waals surface area contributed by atoms with Crippen LogP contribution in [-0.2, 0) is 9.59 Å². The van der Waals surface area contributed by atoms with Gasteiger partial charge >= 0.3 is 0 Å². The van der Waals surface area contributed by atoms with Crippen molar-refractivity contribution in [3.05, 3.63) is 34.8 Å². The highest BCUT2D eigenvalue weighted by Crippen LogP contribution is 2.40. The van der Waals surface area contributed by atoms with E-state index in [0.29, 0.717) is 16.4 Å². The van der Waals surface area contributed by atoms with E-state index in [1.165, 1.54) is 11.3 Å². The summed E-state index contributed by atoms with van der Waals surface area (Å²) in [5, 5.41) is 5.20. The number of piperidine rings is 2. The summed E-state index contributed by atoms with van der Waals surface area (Å²) >= 11 is 1.36. The minimum absolute atomic E-state index is 0.00613. The van der Waals surface area contributed by atoms with Crippen LogP contribution in [0.25, 0.3) is 0 Å². The summed E-state index contributed by atoms with van der Waals surface area (Å²) in [4.78, 5) is 49.4. The summed E-state index contributed by atoms with van der Waals surface area (Å²) in [6.07, 6.45) is 5.99. The van der Waals surface area contributed by atoms with E-state index >= 15 is 0 Å². The van der Waals surface area contributed by atoms with Crippen molar-refractivity contribution < 1.29 is 14.4 Å². The molecule has 4 heterocycles. The highest BCUT2D eigenvalue weighted by atomic mass is 32.1. The Hall–Kier alpha value is -2.94. The first-order chi connectivity index (χ1) is 16.0. The molecule has 0 radical (unpaired) electrons. The second-order valence-corrected chi connectivity index (χ2v) is 9.89. The fourth-order valence-electron chi connectivity index (χ4n) is 5.05. The van der Waals surface area contributed by atoms with Crippen LogP contribution in [0.2, 0.25) is 0 Å². The Labute approximate surface area is 197 Å². The maximum atomic E-state index is 13.5. The molecule has 2 saturated heterocycles. The number of benzene rings is 1. The Bertz CT molecular complexity index is 1080. The highest BCUT2D eigenvalue weighted by molar-refractivity contribution is 7.13. The van der Waals surface area contributed by atoms with E-state index in [4.69, 9.17) is 0 Å². The summed E-state index contributed by atoms with van der Waals surface area (Å²) in [6.45, 7) is 4.11. The number of carbonyl (C=O) groups is 3. The van der Waals surface area contributed by atoms with E-state index in [-0.39, 0.29) is 30.3 Å². The van der Waals surface area contributed by atoms with Crippen molar-refractivity contribution in [2.24, 2.45) is 0 Å². The van der Waals surface area contributed by atoms with Gasteiger partial charge in [-0.15, -0.1) is 11.3 Å². The first-order valence-corrected chi connectivity index (χ1v) is 12.6. The molecular weight excluding hydrogens is 438 g/mol. The zero-order valence-corrected chi connectivity index (χ0v) is 19.7. The van der Waals surface area contributed by atoms with Gasteiger partial charge in [-0.3, -0.25) is 19.3 Å². The second-order valence-electron chi connectivity index (χ2n) is 9.03. The number of thiazole rings is 1. The van der Waals surface area contributed by atoms with E-state index in [1.807, 2.05) is 29.3 Å². The van der Waals surface area contributed by atoms with Crippen LogP contribution in [-0.4, -0.2) is 59.8 Å². The number of carbonyl (C=O) groups excluding carboxylic acids is 3. The summed E-state index contributed by atoms with van der Waals surface area (Å²) in [5.41, 5.74) is 2.98. The standard InChI is InChI=1S/C24H29N5O3S/c1-16-15-33-24(25-16)26-21(30)14-29-20-13-17(22(31)27-10-4-2-5-11-27)8-9-18(20)28-12-6-3-7-19(28)23(29)32/h8-9,13,15,19H,2-7,10-12,14H2,1H3,(H,25,26,30)/t19-/m0/s1. The summed E-state index contributed by atoms with van der Waals surface area (Å²) in [5.74, 6) is -0.371. The third-order valence-electron chi connectivity index (χ3n) is 6.69. The average Bonchev–Trinajstić information content (AvgIpc) is 3.25. The van der Waals surface area contributed by atoms with Gasteiger partial charge in [0.2, 0.25) is 11.8 Å². The molecule has 0 aliphatic carbocycles. The SMILES string of the molecule is Cc1csc(NC(=O)CN2C(=O)[C@@H]3CCCCN3c3ccc(C(=O)N4CCCCC4)cc32)n1. The number of likely N-dealkylation sites (tertiary alicyclic amines) is 1. The lowest BCUT2D eigenvalue weighted by Gasteiger charge is -2.45. The maximum absolute atomic E-state index is 13.5. The number of aryl methyl sites for hydroxylation is 1. The van der Waals surface area contributed by atoms with Gasteiger partial charge in [0, 0.05) is 30.6 Å². The van der Waals surface area contributed by atoms with Crippen LogP contribution >= 0.6 is 11.3 Å². The van der Waals surface area contributed by atoms with Gasteiger partial charge in [-0.25, -0.2) is 4.98 Å². The number of rotatable bonds is 4. The zero-order chi connectivity index (χ0) is 22.9. The minimum Gasteiger partial charge on any atom is -0.358 e. The monoisotopic (exact) mass is 467 g/mol. The Morgan fingerprint density at radius 3 is 2.64 bits per heavy atom. The van der Waals surface area contributed by atoms with Gasteiger partial charge in [0.1, 0.15) is 12.6 Å². The molecule has 1 N–H and O–H groups in total. The molecule has 2 aromatic rings. The Kier molecular flexibility index (Phi) is 6.05. The molecule has 5 rings (SSSR count). The molecule has 0 unspecified atom stereocenters. The first kappa shape index (κ1) is 21.9. The quantitative estimate of drug-likeness (QED) is 0.745. The van der Waals surface area contributed by atoms with Crippen LogP contribution in [0.15, 0.2) is 23.6 Å². The number of hydrogen-bond acceptors (Lipinski definition) is 6. The maximum Gasteiger partial charge on any atom is 0.253 e. The molecule has 2 fully saturated rings. The van der Waals surface area contributed by atoms with Crippen LogP contribution in [0.4, 0.5) is 16.5 Å². The number of amides is 3. The number of nitrogens with one attached hydrogen (secondary N) is 1. The summed E-state index contributed by atoms with van der Waals surface area (Å²) in [7, 11) is 0. The van der Waals surface area contributed by atoms with Gasteiger partial charge in [-0.2, -0.15) is 0 Å². The van der Waals surface area contributed by atoms with Gasteiger partial charge in [0.25, 0.3) is 5.91 Å². The predicted octanol–water partition coefficient (Wildman–Crippen LogP) is 3.42. The van der Waals surface area contributed by atoms with Gasteiger partial charge < -0.3 is 15.1 Å². The van der Waals surface area contributed by atoms with Crippen LogP contribution in [0.3, 0.4) is 0 Å². The zero-order valence-electron chi connectivity index (χ0n) is 18.9. The molecule has 174 valence electrons. The largest absolute Gasteiger partial charge is 0.358 e. The fourth-order valence-corrected chi connectivity index (χ4v) is 5.75. The smallest absolute Gasteiger partial charge is 0.253 e. The molecule has 3 aliphatic rings. The van der Waals surface area contributed by atoms with E-state index in [9.17, 15) is 14.4 Å². The Morgan fingerprint density at radius 2 is 1.88 bits per heavy atom. The van der Waals surface area contributed by atoms with Gasteiger partial charge in [0.15, 0.2) is 5.13 Å². The molecule has 1 aromatic heterocycles. The molecule has 0 spiro atoms. The lowest BCUT2D eigenvalue weighted by Crippen LogP contribution is -2.56. The number of hydrogen-bond donors (Lipinski definition) is 1. The summed E-state index contributed by atoms with van der Waals surface area (Å²) < 4.78 is 0. The molecule has 8 nitrogen and oxygen atoms in total. The van der Waals surface area contributed by atoms with Crippen LogP contribution < -0.4 is 15.1 Å². The lowest BCUT2D eigenvalue weighted by molar-refractivity contribution is -0.123. The van der Waals surface area contributed by atoms with Gasteiger partial charge in [-0.05, 0) is 63.6 Å². The van der Waals surface area contributed by atoms with Crippen molar-refractivity contribution >= 4 is 45.6 Å². The van der Waals surface area contributed by atoms with Gasteiger partial charge in [0.05, 0.1) is 17.1 Å². The molecule has 1 atom stereocenters. The number of fused-ring (bicyclic) bond motifs is 3. The highest BCUT2D eigenvalue weighted by Gasteiger charge is 2.40. The van der Waals surface area contributed by atoms with E-state index in [2.05, 4.69) is 15.2 Å². The van der Waals surface area contributed by atoms with Crippen LogP contribution in [0.5, 0.6) is 0 Å². The topological polar surface area (TPSA) is 85.8 Å². The van der Waals surface area contributed by atoms with Crippen LogP contribution in [0, 0.1) is 6.92 Å². The molecule has 3 amide bonds. The van der Waals surface area contributed by atoms with Gasteiger partial charge in [-0.1, -0.05) is 0 Å². The lowest BCUT2D eigenvalue weighted by atomic mass is 9.95. The van der Waals surface area contributed by atoms with Crippen molar-refractivity contribution in [1.82, 2.24) is 9.88 Å². The third-order valence-corrected chi connectivity index (χ3v) is 7.56. The molecule has 3 aliphatic heterocycles. The number of aromatic nitrogens is 1. The number of nitrogens with zero attached hydrogens (tertiary/aromatic N) is 4. The van der Waals surface area contributed by atoms with Crippen molar-refractivity contribution in [2.45, 2.75) is 51.5 Å². The minimum atomic E-state index is -0.291. The van der Waals surface area contributed by atoms with Crippen molar-refractivity contribution in [1.29, 1.82) is 0 Å². The molecule has 0 bridgehead atoms. The summed E-state index contributed by atoms with van der Waals surface area (Å²) in [6, 6.07) is 5.36. The molecule has 0 saturated carbocycles. The van der Waals surface area contributed by atoms with Crippen molar-refractivity contribution in [3.63, 3.8) is 0 Å². The Balaban J connectivity index is 1.45. The van der Waals surface area contributed by atoms with E-state index in [0.717, 1.165) is 69.5 Å². The first-order valence-electron chi connectivity index (χ1n) is 11.7. The molecular formula is C24H29N5O3S. The van der Waals surface area contributed by atoms with E-state index in [1.54, 1.807) is 11.0 Å². The number of anilines is 3. The second kappa shape index (κ2) is 9.13. The normalized spacial score (nSPS) is 20.3. The van der Waals surface area contributed by atoms with Crippen molar-refractivity contribution in [3.8, 4) is 0 Å².